The molecule has 2 bridgehead atoms. The number of hydrogen-bond donors (Lipinski definition) is 0. The van der Waals surface area contributed by atoms with E-state index in [9.17, 15) is 0 Å². The predicted molar refractivity (Wildman–Crippen MR) is 82.9 cm³/mol. The normalized spacial score (nSPS) is 35.1. The van der Waals surface area contributed by atoms with Gasteiger partial charge in [-0.3, -0.25) is 9.80 Å². The van der Waals surface area contributed by atoms with E-state index in [4.69, 9.17) is 4.74 Å². The summed E-state index contributed by atoms with van der Waals surface area (Å²) in [5, 5.41) is 0. The van der Waals surface area contributed by atoms with Gasteiger partial charge >= 0.3 is 0 Å². The number of rotatable bonds is 2. The Morgan fingerprint density at radius 2 is 1.65 bits per heavy atom. The Bertz CT molecular complexity index is 334. The Hall–Kier alpha value is -0.120. The third-order valence-electron chi connectivity index (χ3n) is 6.05. The monoisotopic (exact) mass is 280 g/mol. The first kappa shape index (κ1) is 14.8. The SMILES string of the molecule is CC(C)N1CC2CN(C(C)C)C(C1)C1(CCOCC1)C2. The quantitative estimate of drug-likeness (QED) is 0.773. The molecule has 20 heavy (non-hydrogen) atoms. The zero-order chi connectivity index (χ0) is 14.3. The smallest absolute Gasteiger partial charge is 0.0471 e. The fourth-order valence-corrected chi connectivity index (χ4v) is 4.91. The van der Waals surface area contributed by atoms with Crippen molar-refractivity contribution >= 4 is 0 Å². The second-order valence-corrected chi connectivity index (χ2v) is 7.90. The molecule has 4 saturated heterocycles. The van der Waals surface area contributed by atoms with Gasteiger partial charge in [0.25, 0.3) is 0 Å². The van der Waals surface area contributed by atoms with Crippen molar-refractivity contribution < 1.29 is 4.74 Å². The molecule has 0 aliphatic carbocycles. The van der Waals surface area contributed by atoms with E-state index in [-0.39, 0.29) is 0 Å². The van der Waals surface area contributed by atoms with E-state index in [1.807, 2.05) is 0 Å². The Morgan fingerprint density at radius 1 is 0.950 bits per heavy atom. The van der Waals surface area contributed by atoms with E-state index in [2.05, 4.69) is 37.5 Å². The second kappa shape index (κ2) is 5.58. The van der Waals surface area contributed by atoms with E-state index >= 15 is 0 Å². The highest BCUT2D eigenvalue weighted by atomic mass is 16.5. The van der Waals surface area contributed by atoms with Gasteiger partial charge in [-0.1, -0.05) is 0 Å². The molecule has 116 valence electrons. The van der Waals surface area contributed by atoms with Gasteiger partial charge in [0.15, 0.2) is 0 Å². The van der Waals surface area contributed by atoms with Crippen molar-refractivity contribution in [1.29, 1.82) is 0 Å². The first-order valence-corrected chi connectivity index (χ1v) is 8.59. The lowest BCUT2D eigenvalue weighted by Crippen LogP contribution is -2.59. The predicted octanol–water partition coefficient (Wildman–Crippen LogP) is 2.61. The molecule has 4 aliphatic rings. The van der Waals surface area contributed by atoms with Gasteiger partial charge in [-0.15, -0.1) is 0 Å². The molecule has 0 aromatic heterocycles. The first-order valence-electron chi connectivity index (χ1n) is 8.59. The fourth-order valence-electron chi connectivity index (χ4n) is 4.91. The van der Waals surface area contributed by atoms with Crippen LogP contribution in [-0.2, 0) is 4.74 Å². The van der Waals surface area contributed by atoms with Crippen molar-refractivity contribution in [3.8, 4) is 0 Å². The van der Waals surface area contributed by atoms with Crippen LogP contribution in [0.5, 0.6) is 0 Å². The maximum Gasteiger partial charge on any atom is 0.0471 e. The summed E-state index contributed by atoms with van der Waals surface area (Å²) in [7, 11) is 0. The fraction of sp³-hybridized carbons (Fsp3) is 1.00. The Kier molecular flexibility index (Phi) is 4.13. The van der Waals surface area contributed by atoms with Crippen LogP contribution in [0.25, 0.3) is 0 Å². The highest BCUT2D eigenvalue weighted by molar-refractivity contribution is 5.05. The van der Waals surface area contributed by atoms with Gasteiger partial charge < -0.3 is 4.74 Å². The minimum atomic E-state index is 0.537. The molecule has 2 atom stereocenters. The lowest BCUT2D eigenvalue weighted by Gasteiger charge is -2.54. The first-order chi connectivity index (χ1) is 9.52. The summed E-state index contributed by atoms with van der Waals surface area (Å²) in [4.78, 5) is 5.56. The van der Waals surface area contributed by atoms with Crippen molar-refractivity contribution in [2.45, 2.75) is 65.1 Å². The Labute approximate surface area is 124 Å². The minimum absolute atomic E-state index is 0.537. The third-order valence-corrected chi connectivity index (χ3v) is 6.05. The molecule has 0 radical (unpaired) electrons. The number of piperidine rings is 1. The largest absolute Gasteiger partial charge is 0.381 e. The Balaban J connectivity index is 1.90. The summed E-state index contributed by atoms with van der Waals surface area (Å²) in [6.45, 7) is 15.3. The lowest BCUT2D eigenvalue weighted by atomic mass is 9.65. The van der Waals surface area contributed by atoms with E-state index in [1.54, 1.807) is 0 Å². The molecule has 1 spiro atoms. The molecule has 3 heteroatoms. The number of fused-ring (bicyclic) bond motifs is 3. The van der Waals surface area contributed by atoms with Crippen molar-refractivity contribution in [2.75, 3.05) is 32.8 Å². The summed E-state index contributed by atoms with van der Waals surface area (Å²) < 4.78 is 5.68. The summed E-state index contributed by atoms with van der Waals surface area (Å²) in [6, 6.07) is 2.10. The van der Waals surface area contributed by atoms with Crippen LogP contribution in [0.15, 0.2) is 0 Å². The molecule has 0 aromatic carbocycles. The lowest BCUT2D eigenvalue weighted by molar-refractivity contribution is -0.0829. The minimum Gasteiger partial charge on any atom is -0.381 e. The summed E-state index contributed by atoms with van der Waals surface area (Å²) >= 11 is 0. The van der Waals surface area contributed by atoms with Crippen LogP contribution in [0.3, 0.4) is 0 Å². The zero-order valence-electron chi connectivity index (χ0n) is 13.8. The third kappa shape index (κ3) is 2.53. The maximum atomic E-state index is 5.68. The van der Waals surface area contributed by atoms with Crippen LogP contribution in [0.1, 0.15) is 47.0 Å². The topological polar surface area (TPSA) is 15.7 Å². The molecule has 3 nitrogen and oxygen atoms in total. The van der Waals surface area contributed by atoms with Crippen LogP contribution < -0.4 is 0 Å². The van der Waals surface area contributed by atoms with Gasteiger partial charge in [-0.2, -0.15) is 0 Å². The zero-order valence-corrected chi connectivity index (χ0v) is 13.8. The molecule has 4 fully saturated rings. The average Bonchev–Trinajstić information content (AvgIpc) is 2.68. The molecule has 4 heterocycles. The average molecular weight is 280 g/mol. The van der Waals surface area contributed by atoms with Gasteiger partial charge in [0.1, 0.15) is 0 Å². The van der Waals surface area contributed by atoms with E-state index in [0.29, 0.717) is 17.5 Å². The number of hydrogen-bond acceptors (Lipinski definition) is 3. The van der Waals surface area contributed by atoms with Gasteiger partial charge in [-0.05, 0) is 58.3 Å². The van der Waals surface area contributed by atoms with Crippen molar-refractivity contribution in [3.05, 3.63) is 0 Å². The highest BCUT2D eigenvalue weighted by Crippen LogP contribution is 2.48. The van der Waals surface area contributed by atoms with E-state index in [1.165, 1.54) is 38.9 Å². The van der Waals surface area contributed by atoms with Crippen LogP contribution in [0.4, 0.5) is 0 Å². The molecule has 4 aliphatic heterocycles. The van der Waals surface area contributed by atoms with Gasteiger partial charge in [0.05, 0.1) is 0 Å². The van der Waals surface area contributed by atoms with Gasteiger partial charge in [0, 0.05) is 51.0 Å². The molecule has 2 unspecified atom stereocenters. The van der Waals surface area contributed by atoms with Crippen molar-refractivity contribution in [1.82, 2.24) is 9.80 Å². The molecular weight excluding hydrogens is 248 g/mol. The Morgan fingerprint density at radius 3 is 2.25 bits per heavy atom. The van der Waals surface area contributed by atoms with Crippen LogP contribution in [0.2, 0.25) is 0 Å². The molecule has 0 amide bonds. The highest BCUT2D eigenvalue weighted by Gasteiger charge is 2.51. The van der Waals surface area contributed by atoms with Crippen LogP contribution in [0, 0.1) is 11.3 Å². The molecule has 4 rings (SSSR count). The maximum absolute atomic E-state index is 5.68. The van der Waals surface area contributed by atoms with Crippen molar-refractivity contribution in [2.24, 2.45) is 11.3 Å². The molecule has 0 saturated carbocycles. The van der Waals surface area contributed by atoms with Gasteiger partial charge in [0.2, 0.25) is 0 Å². The number of ether oxygens (including phenoxy) is 1. The summed E-state index contributed by atoms with van der Waals surface area (Å²) in [5.41, 5.74) is 0.537. The van der Waals surface area contributed by atoms with Gasteiger partial charge in [-0.25, -0.2) is 0 Å². The standard InChI is InChI=1S/C17H32N2O/c1-13(2)18-10-15-9-17(5-7-20-8-6-17)16(12-18)19(11-15)14(3)4/h13-16H,5-12H2,1-4H3. The molecule has 0 N–H and O–H groups in total. The van der Waals surface area contributed by atoms with E-state index < -0.39 is 0 Å². The second-order valence-electron chi connectivity index (χ2n) is 7.90. The van der Waals surface area contributed by atoms with Crippen molar-refractivity contribution in [3.63, 3.8) is 0 Å². The van der Waals surface area contributed by atoms with Crippen LogP contribution in [-0.4, -0.2) is 60.8 Å². The summed E-state index contributed by atoms with van der Waals surface area (Å²) in [5.74, 6) is 0.858. The molecular formula is C17H32N2O. The van der Waals surface area contributed by atoms with E-state index in [0.717, 1.165) is 25.2 Å². The van der Waals surface area contributed by atoms with Crippen LogP contribution >= 0.6 is 0 Å². The molecule has 0 aromatic rings. The number of nitrogens with zero attached hydrogens (tertiary/aromatic N) is 2. The summed E-state index contributed by atoms with van der Waals surface area (Å²) in [6.07, 6.45) is 4.00.